The molecule has 76 valence electrons. The predicted molar refractivity (Wildman–Crippen MR) is 55.6 cm³/mol. The number of rotatable bonds is 2. The highest BCUT2D eigenvalue weighted by molar-refractivity contribution is 5.88. The number of aromatic nitrogens is 2. The van der Waals surface area contributed by atoms with Crippen LogP contribution in [0.1, 0.15) is 18.5 Å². The number of fused-ring (bicyclic) bond motifs is 1. The number of hydrogen-bond acceptors (Lipinski definition) is 3. The molecule has 2 rings (SSSR count). The van der Waals surface area contributed by atoms with E-state index in [1.54, 1.807) is 13.1 Å². The number of nitrogens with zero attached hydrogens (tertiary/aromatic N) is 2. The quantitative estimate of drug-likeness (QED) is 0.806. The van der Waals surface area contributed by atoms with Crippen LogP contribution in [0.4, 0.5) is 0 Å². The van der Waals surface area contributed by atoms with Crippen LogP contribution in [0.5, 0.6) is 0 Å². The molecule has 0 fully saturated rings. The molecule has 0 aliphatic carbocycles. The van der Waals surface area contributed by atoms with Gasteiger partial charge in [0.25, 0.3) is 0 Å². The maximum Gasteiger partial charge on any atom is 0.312 e. The Bertz CT molecular complexity index is 505. The van der Waals surface area contributed by atoms with Crippen molar-refractivity contribution in [1.29, 1.82) is 0 Å². The predicted octanol–water partition coefficient (Wildman–Crippen LogP) is 1.82. The summed E-state index contributed by atoms with van der Waals surface area (Å²) >= 11 is 0. The normalized spacial score (nSPS) is 12.6. The largest absolute Gasteiger partial charge is 0.481 e. The van der Waals surface area contributed by atoms with Gasteiger partial charge in [-0.25, -0.2) is 0 Å². The second-order valence-corrected chi connectivity index (χ2v) is 3.38. The summed E-state index contributed by atoms with van der Waals surface area (Å²) in [5.41, 5.74) is 0.514. The molecule has 4 nitrogen and oxygen atoms in total. The fourth-order valence-corrected chi connectivity index (χ4v) is 1.49. The van der Waals surface area contributed by atoms with E-state index in [2.05, 4.69) is 10.2 Å². The molecule has 0 spiro atoms. The molecule has 1 aromatic heterocycles. The summed E-state index contributed by atoms with van der Waals surface area (Å²) in [6, 6.07) is 7.50. The van der Waals surface area contributed by atoms with Gasteiger partial charge in [0.2, 0.25) is 0 Å². The third-order valence-corrected chi connectivity index (χ3v) is 2.38. The smallest absolute Gasteiger partial charge is 0.312 e. The molecule has 0 amide bonds. The summed E-state index contributed by atoms with van der Waals surface area (Å²) in [4.78, 5) is 10.9. The van der Waals surface area contributed by atoms with Crippen molar-refractivity contribution in [2.45, 2.75) is 12.8 Å². The first-order chi connectivity index (χ1) is 7.20. The van der Waals surface area contributed by atoms with E-state index in [4.69, 9.17) is 5.11 Å². The number of hydrogen-bond donors (Lipinski definition) is 1. The lowest BCUT2D eigenvalue weighted by molar-refractivity contribution is -0.138. The molecule has 1 atom stereocenters. The number of carboxylic acid groups (broad SMARTS) is 1. The third kappa shape index (κ3) is 1.66. The van der Waals surface area contributed by atoms with Crippen LogP contribution in [-0.4, -0.2) is 21.3 Å². The van der Waals surface area contributed by atoms with E-state index < -0.39 is 11.9 Å². The molecule has 0 radical (unpaired) electrons. The van der Waals surface area contributed by atoms with E-state index in [1.165, 1.54) is 0 Å². The van der Waals surface area contributed by atoms with Gasteiger partial charge in [-0.2, -0.15) is 10.2 Å². The maximum atomic E-state index is 10.9. The summed E-state index contributed by atoms with van der Waals surface area (Å²) in [6.45, 7) is 1.61. The van der Waals surface area contributed by atoms with Gasteiger partial charge >= 0.3 is 5.97 Å². The van der Waals surface area contributed by atoms with Crippen molar-refractivity contribution in [1.82, 2.24) is 10.2 Å². The Morgan fingerprint density at radius 3 is 2.87 bits per heavy atom. The summed E-state index contributed by atoms with van der Waals surface area (Å²) in [7, 11) is 0. The zero-order valence-electron chi connectivity index (χ0n) is 8.21. The van der Waals surface area contributed by atoms with E-state index >= 15 is 0 Å². The van der Waals surface area contributed by atoms with Gasteiger partial charge in [0.05, 0.1) is 17.8 Å². The van der Waals surface area contributed by atoms with Crippen LogP contribution in [0, 0.1) is 0 Å². The molecule has 0 aliphatic heterocycles. The molecule has 0 saturated carbocycles. The monoisotopic (exact) mass is 202 g/mol. The highest BCUT2D eigenvalue weighted by Gasteiger charge is 2.18. The minimum absolute atomic E-state index is 0.514. The summed E-state index contributed by atoms with van der Waals surface area (Å²) in [6.07, 6.45) is 1.63. The molecular formula is C11H10N2O2. The Labute approximate surface area is 86.6 Å². The second-order valence-electron chi connectivity index (χ2n) is 3.38. The van der Waals surface area contributed by atoms with Crippen LogP contribution in [-0.2, 0) is 4.79 Å². The number of carbonyl (C=O) groups is 1. The average Bonchev–Trinajstić information content (AvgIpc) is 2.27. The minimum atomic E-state index is -0.888. The van der Waals surface area contributed by atoms with Crippen LogP contribution >= 0.6 is 0 Å². The number of carboxylic acids is 1. The Kier molecular flexibility index (Phi) is 2.33. The van der Waals surface area contributed by atoms with Crippen molar-refractivity contribution in [3.63, 3.8) is 0 Å². The zero-order valence-corrected chi connectivity index (χ0v) is 8.21. The highest BCUT2D eigenvalue weighted by Crippen LogP contribution is 2.22. The molecule has 1 heterocycles. The lowest BCUT2D eigenvalue weighted by atomic mass is 10.0. The van der Waals surface area contributed by atoms with E-state index in [0.29, 0.717) is 5.69 Å². The fraction of sp³-hybridized carbons (Fsp3) is 0.182. The molecule has 0 bridgehead atoms. The molecule has 15 heavy (non-hydrogen) atoms. The first-order valence-corrected chi connectivity index (χ1v) is 4.63. The Balaban J connectivity index is 2.65. The van der Waals surface area contributed by atoms with Crippen molar-refractivity contribution in [3.05, 3.63) is 36.2 Å². The van der Waals surface area contributed by atoms with Gasteiger partial charge in [0.15, 0.2) is 0 Å². The van der Waals surface area contributed by atoms with Gasteiger partial charge in [0, 0.05) is 10.8 Å². The lowest BCUT2D eigenvalue weighted by Crippen LogP contribution is -2.10. The topological polar surface area (TPSA) is 63.1 Å². The fourth-order valence-electron chi connectivity index (χ4n) is 1.49. The van der Waals surface area contributed by atoms with E-state index in [1.807, 2.05) is 24.3 Å². The molecule has 2 aromatic rings. The van der Waals surface area contributed by atoms with Crippen molar-refractivity contribution in [2.75, 3.05) is 0 Å². The van der Waals surface area contributed by atoms with Crippen molar-refractivity contribution in [3.8, 4) is 0 Å². The summed E-state index contributed by atoms with van der Waals surface area (Å²) in [5, 5.41) is 18.4. The molecule has 1 unspecified atom stereocenters. The Hall–Kier alpha value is -1.97. The van der Waals surface area contributed by atoms with Crippen molar-refractivity contribution in [2.24, 2.45) is 0 Å². The zero-order chi connectivity index (χ0) is 10.8. The first kappa shape index (κ1) is 9.58. The van der Waals surface area contributed by atoms with E-state index in [0.717, 1.165) is 10.8 Å². The maximum absolute atomic E-state index is 10.9. The SMILES string of the molecule is CC(C(=O)O)c1nncc2ccccc12. The molecule has 0 saturated heterocycles. The standard InChI is InChI=1S/C11H10N2O2/c1-7(11(14)15)10-9-5-3-2-4-8(9)6-12-13-10/h2-7H,1H3,(H,14,15). The van der Waals surface area contributed by atoms with Crippen LogP contribution < -0.4 is 0 Å². The number of aliphatic carboxylic acids is 1. The molecule has 0 aliphatic rings. The lowest BCUT2D eigenvalue weighted by Gasteiger charge is -2.07. The average molecular weight is 202 g/mol. The van der Waals surface area contributed by atoms with Gasteiger partial charge in [-0.15, -0.1) is 0 Å². The van der Waals surface area contributed by atoms with Gasteiger partial charge in [-0.05, 0) is 6.92 Å². The molecular weight excluding hydrogens is 192 g/mol. The van der Waals surface area contributed by atoms with Crippen molar-refractivity contribution >= 4 is 16.7 Å². The van der Waals surface area contributed by atoms with Gasteiger partial charge < -0.3 is 5.11 Å². The number of benzene rings is 1. The molecule has 1 aromatic carbocycles. The summed E-state index contributed by atoms with van der Waals surface area (Å²) < 4.78 is 0. The Morgan fingerprint density at radius 1 is 1.40 bits per heavy atom. The third-order valence-electron chi connectivity index (χ3n) is 2.38. The second kappa shape index (κ2) is 3.65. The molecule has 1 N–H and O–H groups in total. The van der Waals surface area contributed by atoms with Gasteiger partial charge in [0.1, 0.15) is 0 Å². The highest BCUT2D eigenvalue weighted by atomic mass is 16.4. The van der Waals surface area contributed by atoms with Crippen LogP contribution in [0.15, 0.2) is 30.5 Å². The van der Waals surface area contributed by atoms with Gasteiger partial charge in [-0.3, -0.25) is 4.79 Å². The minimum Gasteiger partial charge on any atom is -0.481 e. The van der Waals surface area contributed by atoms with E-state index in [-0.39, 0.29) is 0 Å². The van der Waals surface area contributed by atoms with Crippen LogP contribution in [0.2, 0.25) is 0 Å². The van der Waals surface area contributed by atoms with Crippen LogP contribution in [0.25, 0.3) is 10.8 Å². The van der Waals surface area contributed by atoms with Crippen LogP contribution in [0.3, 0.4) is 0 Å². The van der Waals surface area contributed by atoms with Crippen molar-refractivity contribution < 1.29 is 9.90 Å². The van der Waals surface area contributed by atoms with E-state index in [9.17, 15) is 4.79 Å². The summed E-state index contributed by atoms with van der Waals surface area (Å²) in [5.74, 6) is -1.52. The first-order valence-electron chi connectivity index (χ1n) is 4.63. The Morgan fingerprint density at radius 2 is 2.13 bits per heavy atom. The molecule has 4 heteroatoms. The van der Waals surface area contributed by atoms with Gasteiger partial charge in [-0.1, -0.05) is 24.3 Å².